The van der Waals surface area contributed by atoms with Crippen molar-refractivity contribution in [3.8, 4) is 0 Å². The van der Waals surface area contributed by atoms with Crippen molar-refractivity contribution in [2.24, 2.45) is 0 Å². The molecule has 0 aliphatic heterocycles. The average molecular weight is 227 g/mol. The Balaban J connectivity index is 2.45. The van der Waals surface area contributed by atoms with Crippen LogP contribution in [0.1, 0.15) is 5.56 Å². The highest BCUT2D eigenvalue weighted by Gasteiger charge is 1.96. The molecule has 0 aliphatic carbocycles. The summed E-state index contributed by atoms with van der Waals surface area (Å²) in [5.74, 6) is 0. The highest BCUT2D eigenvalue weighted by atomic mass is 35.5. The first-order chi connectivity index (χ1) is 7.24. The fourth-order valence-electron chi connectivity index (χ4n) is 0.960. The third-order valence-electron chi connectivity index (χ3n) is 1.67. The molecule has 15 heavy (non-hydrogen) atoms. The summed E-state index contributed by atoms with van der Waals surface area (Å²) in [6.45, 7) is 0.165. The summed E-state index contributed by atoms with van der Waals surface area (Å²) in [4.78, 5) is 10.6. The number of hydrogen-bond acceptors (Lipinski definition) is 3. The molecule has 0 spiro atoms. The monoisotopic (exact) mass is 226 g/mol. The van der Waals surface area contributed by atoms with Crippen molar-refractivity contribution in [2.75, 3.05) is 13.7 Å². The van der Waals surface area contributed by atoms with Crippen molar-refractivity contribution in [1.82, 2.24) is 0 Å². The molecule has 0 amide bonds. The third-order valence-corrected chi connectivity index (χ3v) is 2.01. The van der Waals surface area contributed by atoms with Crippen molar-refractivity contribution in [1.29, 1.82) is 0 Å². The number of ether oxygens (including phenoxy) is 2. The van der Waals surface area contributed by atoms with Gasteiger partial charge in [0.05, 0.1) is 7.11 Å². The number of carbonyl (C=O) groups is 1. The van der Waals surface area contributed by atoms with Gasteiger partial charge in [0.25, 0.3) is 0 Å². The van der Waals surface area contributed by atoms with Gasteiger partial charge in [0.15, 0.2) is 0 Å². The van der Waals surface area contributed by atoms with Crippen LogP contribution in [0.5, 0.6) is 0 Å². The SMILES string of the molecule is COC(=O)OC/C=C/c1ccccc1Cl. The highest BCUT2D eigenvalue weighted by Crippen LogP contribution is 2.15. The minimum Gasteiger partial charge on any atom is -0.438 e. The van der Waals surface area contributed by atoms with Gasteiger partial charge in [-0.15, -0.1) is 0 Å². The molecule has 0 heterocycles. The Hall–Kier alpha value is -1.48. The molecule has 0 saturated heterocycles. The van der Waals surface area contributed by atoms with Crippen molar-refractivity contribution >= 4 is 23.8 Å². The second-order valence-corrected chi connectivity index (χ2v) is 3.10. The molecule has 4 heteroatoms. The van der Waals surface area contributed by atoms with Gasteiger partial charge in [-0.05, 0) is 17.7 Å². The molecule has 0 aromatic heterocycles. The minimum absolute atomic E-state index is 0.165. The Morgan fingerprint density at radius 2 is 2.20 bits per heavy atom. The molecule has 0 N–H and O–H groups in total. The number of hydrogen-bond donors (Lipinski definition) is 0. The van der Waals surface area contributed by atoms with Crippen LogP contribution in [0.25, 0.3) is 6.08 Å². The standard InChI is InChI=1S/C11H11ClO3/c1-14-11(13)15-8-4-6-9-5-2-3-7-10(9)12/h2-7H,8H2,1H3/b6-4+. The third kappa shape index (κ3) is 4.04. The quantitative estimate of drug-likeness (QED) is 0.743. The van der Waals surface area contributed by atoms with Gasteiger partial charge in [-0.1, -0.05) is 35.9 Å². The maximum absolute atomic E-state index is 10.6. The van der Waals surface area contributed by atoms with Gasteiger partial charge < -0.3 is 9.47 Å². The van der Waals surface area contributed by atoms with E-state index in [9.17, 15) is 4.79 Å². The van der Waals surface area contributed by atoms with Gasteiger partial charge in [0, 0.05) is 5.02 Å². The largest absolute Gasteiger partial charge is 0.508 e. The molecule has 1 aromatic carbocycles. The molecule has 80 valence electrons. The van der Waals surface area contributed by atoms with Gasteiger partial charge in [0.1, 0.15) is 6.61 Å². The van der Waals surface area contributed by atoms with Crippen LogP contribution >= 0.6 is 11.6 Å². The summed E-state index contributed by atoms with van der Waals surface area (Å²) in [6.07, 6.45) is 2.78. The molecule has 0 unspecified atom stereocenters. The first-order valence-electron chi connectivity index (χ1n) is 4.36. The van der Waals surface area contributed by atoms with Gasteiger partial charge in [-0.25, -0.2) is 4.79 Å². The molecule has 0 radical (unpaired) electrons. The fourth-order valence-corrected chi connectivity index (χ4v) is 1.16. The Morgan fingerprint density at radius 3 is 2.87 bits per heavy atom. The minimum atomic E-state index is -0.696. The summed E-state index contributed by atoms with van der Waals surface area (Å²) in [7, 11) is 1.26. The molecule has 0 fully saturated rings. The van der Waals surface area contributed by atoms with E-state index in [0.717, 1.165) is 5.56 Å². The van der Waals surface area contributed by atoms with Gasteiger partial charge in [-0.3, -0.25) is 0 Å². The maximum atomic E-state index is 10.6. The van der Waals surface area contributed by atoms with Crippen LogP contribution in [0.3, 0.4) is 0 Å². The number of benzene rings is 1. The van der Waals surface area contributed by atoms with Crippen LogP contribution < -0.4 is 0 Å². The molecular weight excluding hydrogens is 216 g/mol. The lowest BCUT2D eigenvalue weighted by atomic mass is 10.2. The van der Waals surface area contributed by atoms with Crippen LogP contribution in [-0.4, -0.2) is 19.9 Å². The van der Waals surface area contributed by atoms with E-state index in [1.807, 2.05) is 18.2 Å². The van der Waals surface area contributed by atoms with E-state index < -0.39 is 6.16 Å². The normalized spacial score (nSPS) is 10.3. The fraction of sp³-hybridized carbons (Fsp3) is 0.182. The lowest BCUT2D eigenvalue weighted by molar-refractivity contribution is 0.0819. The number of rotatable bonds is 3. The molecule has 3 nitrogen and oxygen atoms in total. The zero-order valence-electron chi connectivity index (χ0n) is 8.27. The molecule has 0 aliphatic rings. The van der Waals surface area contributed by atoms with E-state index >= 15 is 0 Å². The molecule has 1 aromatic rings. The first-order valence-corrected chi connectivity index (χ1v) is 4.73. The van der Waals surface area contributed by atoms with Crippen LogP contribution in [0.2, 0.25) is 5.02 Å². The Kier molecular flexibility index (Phi) is 4.71. The zero-order valence-corrected chi connectivity index (χ0v) is 9.03. The first kappa shape index (κ1) is 11.6. The molecule has 1 rings (SSSR count). The van der Waals surface area contributed by atoms with Gasteiger partial charge >= 0.3 is 6.16 Å². The molecule has 0 atom stereocenters. The summed E-state index contributed by atoms with van der Waals surface area (Å²) in [6, 6.07) is 7.40. The number of carbonyl (C=O) groups excluding carboxylic acids is 1. The molecule has 0 saturated carbocycles. The maximum Gasteiger partial charge on any atom is 0.508 e. The summed E-state index contributed by atoms with van der Waals surface area (Å²) >= 11 is 5.91. The number of methoxy groups -OCH3 is 1. The van der Waals surface area contributed by atoms with E-state index in [0.29, 0.717) is 5.02 Å². The number of halogens is 1. The molecule has 0 bridgehead atoms. The predicted molar refractivity (Wildman–Crippen MR) is 58.8 cm³/mol. The van der Waals surface area contributed by atoms with Gasteiger partial charge in [-0.2, -0.15) is 0 Å². The second-order valence-electron chi connectivity index (χ2n) is 2.69. The van der Waals surface area contributed by atoms with Crippen LogP contribution in [-0.2, 0) is 9.47 Å². The van der Waals surface area contributed by atoms with E-state index in [1.54, 1.807) is 18.2 Å². The second kappa shape index (κ2) is 6.09. The van der Waals surface area contributed by atoms with Crippen LogP contribution in [0, 0.1) is 0 Å². The van der Waals surface area contributed by atoms with Crippen molar-refractivity contribution in [3.63, 3.8) is 0 Å². The van der Waals surface area contributed by atoms with Crippen molar-refractivity contribution < 1.29 is 14.3 Å². The molecular formula is C11H11ClO3. The Labute approximate surface area is 93.3 Å². The smallest absolute Gasteiger partial charge is 0.438 e. The van der Waals surface area contributed by atoms with E-state index in [4.69, 9.17) is 11.6 Å². The lowest BCUT2D eigenvalue weighted by Crippen LogP contribution is -2.03. The Bertz CT molecular complexity index is 361. The topological polar surface area (TPSA) is 35.5 Å². The van der Waals surface area contributed by atoms with E-state index in [2.05, 4.69) is 9.47 Å². The van der Waals surface area contributed by atoms with Gasteiger partial charge in [0.2, 0.25) is 0 Å². The van der Waals surface area contributed by atoms with E-state index in [-0.39, 0.29) is 6.61 Å². The lowest BCUT2D eigenvalue weighted by Gasteiger charge is -1.99. The highest BCUT2D eigenvalue weighted by molar-refractivity contribution is 6.32. The summed E-state index contributed by atoms with van der Waals surface area (Å²) < 4.78 is 8.97. The van der Waals surface area contributed by atoms with Crippen molar-refractivity contribution in [2.45, 2.75) is 0 Å². The summed E-state index contributed by atoms with van der Waals surface area (Å²) in [5.41, 5.74) is 0.882. The average Bonchev–Trinajstić information content (AvgIpc) is 2.26. The Morgan fingerprint density at radius 1 is 1.47 bits per heavy atom. The van der Waals surface area contributed by atoms with Crippen molar-refractivity contribution in [3.05, 3.63) is 40.9 Å². The van der Waals surface area contributed by atoms with Crippen LogP contribution in [0.4, 0.5) is 4.79 Å². The van der Waals surface area contributed by atoms with E-state index in [1.165, 1.54) is 7.11 Å². The predicted octanol–water partition coefficient (Wildman–Crippen LogP) is 3.14. The zero-order chi connectivity index (χ0) is 11.1. The summed E-state index contributed by atoms with van der Waals surface area (Å²) in [5, 5.41) is 0.659. The van der Waals surface area contributed by atoms with Crippen LogP contribution in [0.15, 0.2) is 30.3 Å².